The zero-order valence-electron chi connectivity index (χ0n) is 7.19. The molecule has 1 aromatic rings. The second-order valence-corrected chi connectivity index (χ2v) is 2.88. The normalized spacial score (nSPS) is 12.9. The zero-order chi connectivity index (χ0) is 9.14. The summed E-state index contributed by atoms with van der Waals surface area (Å²) in [5.74, 6) is 0. The van der Waals surface area contributed by atoms with Gasteiger partial charge in [0.25, 0.3) is 5.56 Å². The van der Waals surface area contributed by atoms with Gasteiger partial charge in [0.15, 0.2) is 0 Å². The molecule has 1 heterocycles. The van der Waals surface area contributed by atoms with Crippen LogP contribution < -0.4 is 5.56 Å². The lowest BCUT2D eigenvalue weighted by atomic mass is 10.3. The molecule has 0 saturated heterocycles. The van der Waals surface area contributed by atoms with Crippen LogP contribution >= 0.6 is 0 Å². The van der Waals surface area contributed by atoms with Crippen molar-refractivity contribution < 1.29 is 5.11 Å². The van der Waals surface area contributed by atoms with Crippen molar-refractivity contribution in [2.75, 3.05) is 0 Å². The van der Waals surface area contributed by atoms with Crippen LogP contribution in [0.1, 0.15) is 12.5 Å². The molecule has 12 heavy (non-hydrogen) atoms. The van der Waals surface area contributed by atoms with Crippen molar-refractivity contribution in [1.82, 2.24) is 9.55 Å². The summed E-state index contributed by atoms with van der Waals surface area (Å²) in [7, 11) is 0. The highest BCUT2D eigenvalue weighted by Crippen LogP contribution is 1.88. The monoisotopic (exact) mass is 168 g/mol. The fraction of sp³-hybridized carbons (Fsp3) is 0.500. The first-order valence-electron chi connectivity index (χ1n) is 3.80. The van der Waals surface area contributed by atoms with E-state index < -0.39 is 6.10 Å². The van der Waals surface area contributed by atoms with Crippen molar-refractivity contribution in [1.29, 1.82) is 0 Å². The molecule has 1 unspecified atom stereocenters. The van der Waals surface area contributed by atoms with Crippen molar-refractivity contribution in [2.45, 2.75) is 26.5 Å². The highest BCUT2D eigenvalue weighted by molar-refractivity contribution is 5.00. The first-order valence-corrected chi connectivity index (χ1v) is 3.80. The van der Waals surface area contributed by atoms with Gasteiger partial charge in [-0.1, -0.05) is 0 Å². The molecule has 4 heteroatoms. The van der Waals surface area contributed by atoms with Crippen LogP contribution in [0.15, 0.2) is 17.3 Å². The van der Waals surface area contributed by atoms with E-state index in [2.05, 4.69) is 4.98 Å². The molecule has 0 aliphatic heterocycles. The maximum absolute atomic E-state index is 11.3. The SMILES string of the molecule is Cc1cncn(CC(C)O)c1=O. The molecule has 0 aromatic carbocycles. The number of aliphatic hydroxyl groups is 1. The molecular formula is C8H12N2O2. The second-order valence-electron chi connectivity index (χ2n) is 2.88. The van der Waals surface area contributed by atoms with Gasteiger partial charge in [0.1, 0.15) is 0 Å². The van der Waals surface area contributed by atoms with E-state index in [1.807, 2.05) is 0 Å². The topological polar surface area (TPSA) is 55.1 Å². The third kappa shape index (κ3) is 1.92. The van der Waals surface area contributed by atoms with Gasteiger partial charge in [0.2, 0.25) is 0 Å². The van der Waals surface area contributed by atoms with Crippen LogP contribution in [-0.2, 0) is 6.54 Å². The maximum Gasteiger partial charge on any atom is 0.256 e. The predicted octanol–water partition coefficient (Wildman–Crippen LogP) is -0.0675. The standard InChI is InChI=1S/C8H12N2O2/c1-6-3-9-5-10(8(6)12)4-7(2)11/h3,5,7,11H,4H2,1-2H3. The van der Waals surface area contributed by atoms with Gasteiger partial charge in [-0.3, -0.25) is 9.36 Å². The van der Waals surface area contributed by atoms with E-state index in [0.717, 1.165) is 0 Å². The molecule has 4 nitrogen and oxygen atoms in total. The summed E-state index contributed by atoms with van der Waals surface area (Å²) in [5, 5.41) is 9.03. The molecule has 0 fully saturated rings. The molecule has 1 atom stereocenters. The van der Waals surface area contributed by atoms with Crippen LogP contribution in [-0.4, -0.2) is 20.8 Å². The molecule has 1 rings (SSSR count). The van der Waals surface area contributed by atoms with Crippen LogP contribution in [0, 0.1) is 6.92 Å². The number of aromatic nitrogens is 2. The zero-order valence-corrected chi connectivity index (χ0v) is 7.19. The van der Waals surface area contributed by atoms with Gasteiger partial charge in [-0.15, -0.1) is 0 Å². The molecule has 66 valence electrons. The molecule has 1 N–H and O–H groups in total. The Morgan fingerprint density at radius 2 is 2.42 bits per heavy atom. The minimum Gasteiger partial charge on any atom is -0.392 e. The van der Waals surface area contributed by atoms with E-state index >= 15 is 0 Å². The van der Waals surface area contributed by atoms with E-state index in [9.17, 15) is 4.79 Å². The van der Waals surface area contributed by atoms with Gasteiger partial charge in [0.05, 0.1) is 19.0 Å². The lowest BCUT2D eigenvalue weighted by Gasteiger charge is -2.06. The number of hydrogen-bond acceptors (Lipinski definition) is 3. The van der Waals surface area contributed by atoms with Crippen LogP contribution in [0.25, 0.3) is 0 Å². The number of rotatable bonds is 2. The average Bonchev–Trinajstić information content (AvgIpc) is 1.98. The van der Waals surface area contributed by atoms with Crippen molar-refractivity contribution >= 4 is 0 Å². The summed E-state index contributed by atoms with van der Waals surface area (Å²) in [6.45, 7) is 3.64. The van der Waals surface area contributed by atoms with E-state index in [4.69, 9.17) is 5.11 Å². The van der Waals surface area contributed by atoms with Gasteiger partial charge in [-0.2, -0.15) is 0 Å². The van der Waals surface area contributed by atoms with Crippen LogP contribution in [0.4, 0.5) is 0 Å². The van der Waals surface area contributed by atoms with Crippen LogP contribution in [0.5, 0.6) is 0 Å². The van der Waals surface area contributed by atoms with Crippen LogP contribution in [0.3, 0.4) is 0 Å². The van der Waals surface area contributed by atoms with E-state index in [-0.39, 0.29) is 5.56 Å². The Kier molecular flexibility index (Phi) is 2.60. The first-order chi connectivity index (χ1) is 5.61. The summed E-state index contributed by atoms with van der Waals surface area (Å²) < 4.78 is 1.40. The summed E-state index contributed by atoms with van der Waals surface area (Å²) in [5.41, 5.74) is 0.504. The van der Waals surface area contributed by atoms with Crippen molar-refractivity contribution in [3.8, 4) is 0 Å². The second kappa shape index (κ2) is 3.49. The molecule has 0 aliphatic rings. The Morgan fingerprint density at radius 1 is 1.75 bits per heavy atom. The largest absolute Gasteiger partial charge is 0.392 e. The number of nitrogens with zero attached hydrogens (tertiary/aromatic N) is 2. The first kappa shape index (κ1) is 8.93. The molecule has 0 bridgehead atoms. The van der Waals surface area contributed by atoms with Gasteiger partial charge in [-0.05, 0) is 13.8 Å². The number of hydrogen-bond donors (Lipinski definition) is 1. The summed E-state index contributed by atoms with van der Waals surface area (Å²) in [6, 6.07) is 0. The average molecular weight is 168 g/mol. The molecule has 0 radical (unpaired) electrons. The highest BCUT2D eigenvalue weighted by atomic mass is 16.3. The fourth-order valence-electron chi connectivity index (χ4n) is 0.974. The highest BCUT2D eigenvalue weighted by Gasteiger charge is 2.01. The maximum atomic E-state index is 11.3. The summed E-state index contributed by atoms with van der Waals surface area (Å²) in [4.78, 5) is 15.2. The molecule has 1 aromatic heterocycles. The smallest absolute Gasteiger partial charge is 0.256 e. The third-order valence-corrected chi connectivity index (χ3v) is 1.53. The molecule has 0 aliphatic carbocycles. The van der Waals surface area contributed by atoms with Crippen molar-refractivity contribution in [2.24, 2.45) is 0 Å². The molecule has 0 amide bonds. The number of aryl methyl sites for hydroxylation is 1. The van der Waals surface area contributed by atoms with E-state index in [1.54, 1.807) is 13.8 Å². The Morgan fingerprint density at radius 3 is 3.00 bits per heavy atom. The van der Waals surface area contributed by atoms with Crippen molar-refractivity contribution in [3.05, 3.63) is 28.4 Å². The Labute approximate surface area is 70.5 Å². The minimum absolute atomic E-state index is 0.0918. The Hall–Kier alpha value is -1.16. The predicted molar refractivity (Wildman–Crippen MR) is 44.9 cm³/mol. The van der Waals surface area contributed by atoms with Gasteiger partial charge in [0, 0.05) is 11.8 Å². The summed E-state index contributed by atoms with van der Waals surface area (Å²) in [6.07, 6.45) is 2.43. The van der Waals surface area contributed by atoms with Gasteiger partial charge < -0.3 is 5.11 Å². The lowest BCUT2D eigenvalue weighted by Crippen LogP contribution is -2.26. The van der Waals surface area contributed by atoms with E-state index in [1.165, 1.54) is 17.1 Å². The van der Waals surface area contributed by atoms with E-state index in [0.29, 0.717) is 12.1 Å². The fourth-order valence-corrected chi connectivity index (χ4v) is 0.974. The molecule has 0 spiro atoms. The Bertz CT molecular complexity index is 317. The van der Waals surface area contributed by atoms with Crippen LogP contribution in [0.2, 0.25) is 0 Å². The van der Waals surface area contributed by atoms with Crippen molar-refractivity contribution in [3.63, 3.8) is 0 Å². The van der Waals surface area contributed by atoms with Gasteiger partial charge >= 0.3 is 0 Å². The number of aliphatic hydroxyl groups excluding tert-OH is 1. The molecule has 0 saturated carbocycles. The lowest BCUT2D eigenvalue weighted by molar-refractivity contribution is 0.171. The minimum atomic E-state index is -0.522. The quantitative estimate of drug-likeness (QED) is 0.672. The summed E-state index contributed by atoms with van der Waals surface area (Å²) >= 11 is 0. The third-order valence-electron chi connectivity index (χ3n) is 1.53. The van der Waals surface area contributed by atoms with Gasteiger partial charge in [-0.25, -0.2) is 4.98 Å². The Balaban J connectivity index is 3.01. The molecular weight excluding hydrogens is 156 g/mol.